The van der Waals surface area contributed by atoms with E-state index in [-0.39, 0.29) is 18.3 Å². The summed E-state index contributed by atoms with van der Waals surface area (Å²) in [5, 5.41) is 6.10. The number of carbonyl (C=O) groups excluding carboxylic acids is 1. The molecule has 1 amide bonds. The molecule has 0 atom stereocenters. The number of halogens is 1. The van der Waals surface area contributed by atoms with Gasteiger partial charge in [0.15, 0.2) is 0 Å². The van der Waals surface area contributed by atoms with E-state index in [2.05, 4.69) is 5.10 Å². The van der Waals surface area contributed by atoms with Crippen molar-refractivity contribution in [1.82, 2.24) is 0 Å². The molecule has 0 saturated heterocycles. The van der Waals surface area contributed by atoms with Crippen LogP contribution in [0.1, 0.15) is 16.7 Å². The number of anilines is 1. The minimum atomic E-state index is -0.288. The number of para-hydroxylation sites is 2. The molecule has 1 aliphatic rings. The van der Waals surface area contributed by atoms with E-state index in [4.69, 9.17) is 4.74 Å². The van der Waals surface area contributed by atoms with E-state index in [0.717, 1.165) is 16.7 Å². The van der Waals surface area contributed by atoms with Crippen LogP contribution >= 0.6 is 0 Å². The first-order valence-electron chi connectivity index (χ1n) is 10.9. The zero-order chi connectivity index (χ0) is 23.3. The molecule has 0 bridgehead atoms. The van der Waals surface area contributed by atoms with Crippen LogP contribution < -0.4 is 9.75 Å². The standard InChI is InChI=1S/C29H21FN2O2/c30-24-17-15-21(16-18-24)20-34-27-14-8-7-11-23(27)19-26-28(22-9-3-1-4-10-22)31-32(29(26)33)25-12-5-2-6-13-25/h1-19H,20H2/b26-19-. The normalized spacial score (nSPS) is 14.4. The van der Waals surface area contributed by atoms with Crippen molar-refractivity contribution in [3.05, 3.63) is 137 Å². The molecule has 4 nitrogen and oxygen atoms in total. The Kier molecular flexibility index (Phi) is 5.99. The van der Waals surface area contributed by atoms with Crippen LogP contribution in [0.25, 0.3) is 6.08 Å². The smallest absolute Gasteiger partial charge is 0.281 e. The van der Waals surface area contributed by atoms with Gasteiger partial charge in [-0.15, -0.1) is 0 Å². The Bertz CT molecular complexity index is 1360. The average Bonchev–Trinajstić information content (AvgIpc) is 3.21. The molecule has 0 aliphatic carbocycles. The SMILES string of the molecule is O=C1/C(=C\c2ccccc2OCc2ccc(F)cc2)C(c2ccccc2)=NN1c1ccccc1. The first-order chi connectivity index (χ1) is 16.7. The van der Waals surface area contributed by atoms with Crippen molar-refractivity contribution in [2.45, 2.75) is 6.61 Å². The van der Waals surface area contributed by atoms with E-state index in [9.17, 15) is 9.18 Å². The van der Waals surface area contributed by atoms with Gasteiger partial charge in [-0.05, 0) is 42.0 Å². The number of ether oxygens (including phenoxy) is 1. The molecule has 4 aromatic rings. The lowest BCUT2D eigenvalue weighted by molar-refractivity contribution is -0.114. The highest BCUT2D eigenvalue weighted by Gasteiger charge is 2.32. The molecule has 166 valence electrons. The first-order valence-corrected chi connectivity index (χ1v) is 10.9. The summed E-state index contributed by atoms with van der Waals surface area (Å²) in [7, 11) is 0. The van der Waals surface area contributed by atoms with Crippen molar-refractivity contribution >= 4 is 23.4 Å². The lowest BCUT2D eigenvalue weighted by atomic mass is 10.00. The Morgan fingerprint density at radius 1 is 0.794 bits per heavy atom. The summed E-state index contributed by atoms with van der Waals surface area (Å²) in [4.78, 5) is 13.5. The second-order valence-electron chi connectivity index (χ2n) is 7.78. The molecule has 1 aliphatic heterocycles. The molecule has 0 unspecified atom stereocenters. The molecule has 0 spiro atoms. The predicted octanol–water partition coefficient (Wildman–Crippen LogP) is 6.24. The Labute approximate surface area is 197 Å². The van der Waals surface area contributed by atoms with Gasteiger partial charge >= 0.3 is 0 Å². The average molecular weight is 448 g/mol. The number of amides is 1. The molecule has 0 saturated carbocycles. The fourth-order valence-electron chi connectivity index (χ4n) is 3.73. The summed E-state index contributed by atoms with van der Waals surface area (Å²) >= 11 is 0. The Morgan fingerprint density at radius 3 is 2.18 bits per heavy atom. The molecule has 0 aromatic heterocycles. The van der Waals surface area contributed by atoms with Crippen molar-refractivity contribution in [3.8, 4) is 5.75 Å². The van der Waals surface area contributed by atoms with Crippen molar-refractivity contribution in [1.29, 1.82) is 0 Å². The highest BCUT2D eigenvalue weighted by Crippen LogP contribution is 2.30. The van der Waals surface area contributed by atoms with E-state index in [1.165, 1.54) is 17.1 Å². The maximum absolute atomic E-state index is 13.5. The fourth-order valence-corrected chi connectivity index (χ4v) is 3.73. The molecule has 34 heavy (non-hydrogen) atoms. The summed E-state index contributed by atoms with van der Waals surface area (Å²) in [6, 6.07) is 32.7. The summed E-state index contributed by atoms with van der Waals surface area (Å²) in [5.41, 5.74) is 4.24. The van der Waals surface area contributed by atoms with Crippen LogP contribution in [-0.2, 0) is 11.4 Å². The predicted molar refractivity (Wildman–Crippen MR) is 132 cm³/mol. The zero-order valence-corrected chi connectivity index (χ0v) is 18.3. The Balaban J connectivity index is 1.51. The van der Waals surface area contributed by atoms with Crippen LogP contribution in [0.15, 0.2) is 120 Å². The number of hydrazone groups is 1. The van der Waals surface area contributed by atoms with Crippen LogP contribution in [-0.4, -0.2) is 11.6 Å². The van der Waals surface area contributed by atoms with E-state index in [1.807, 2.05) is 91.0 Å². The van der Waals surface area contributed by atoms with E-state index in [0.29, 0.717) is 22.7 Å². The maximum atomic E-state index is 13.5. The molecule has 0 N–H and O–H groups in total. The first kappa shape index (κ1) is 21.3. The molecule has 0 radical (unpaired) electrons. The third-order valence-electron chi connectivity index (χ3n) is 5.45. The van der Waals surface area contributed by atoms with Crippen molar-refractivity contribution in [2.24, 2.45) is 5.10 Å². The largest absolute Gasteiger partial charge is 0.488 e. The van der Waals surface area contributed by atoms with Crippen LogP contribution in [0.2, 0.25) is 0 Å². The second kappa shape index (κ2) is 9.55. The van der Waals surface area contributed by atoms with Gasteiger partial charge in [0.2, 0.25) is 0 Å². The van der Waals surface area contributed by atoms with Crippen LogP contribution in [0.5, 0.6) is 5.75 Å². The Morgan fingerprint density at radius 2 is 1.44 bits per heavy atom. The van der Waals surface area contributed by atoms with Crippen molar-refractivity contribution in [3.63, 3.8) is 0 Å². The lowest BCUT2D eigenvalue weighted by Crippen LogP contribution is -2.21. The lowest BCUT2D eigenvalue weighted by Gasteiger charge is -2.12. The quantitative estimate of drug-likeness (QED) is 0.328. The van der Waals surface area contributed by atoms with E-state index < -0.39 is 0 Å². The number of carbonyl (C=O) groups is 1. The second-order valence-corrected chi connectivity index (χ2v) is 7.78. The summed E-state index contributed by atoms with van der Waals surface area (Å²) < 4.78 is 19.2. The van der Waals surface area contributed by atoms with Gasteiger partial charge in [-0.25, -0.2) is 4.39 Å². The van der Waals surface area contributed by atoms with Crippen molar-refractivity contribution in [2.75, 3.05) is 5.01 Å². The molecule has 5 rings (SSSR count). The number of hydrogen-bond acceptors (Lipinski definition) is 3. The Hall–Kier alpha value is -4.51. The van der Waals surface area contributed by atoms with Gasteiger partial charge in [0.05, 0.1) is 11.3 Å². The third kappa shape index (κ3) is 4.50. The third-order valence-corrected chi connectivity index (χ3v) is 5.45. The van der Waals surface area contributed by atoms with E-state index in [1.54, 1.807) is 12.1 Å². The molecular formula is C29H21FN2O2. The van der Waals surface area contributed by atoms with Gasteiger partial charge in [-0.1, -0.05) is 78.9 Å². The highest BCUT2D eigenvalue weighted by atomic mass is 19.1. The summed E-state index contributed by atoms with van der Waals surface area (Å²) in [6.45, 7) is 0.282. The zero-order valence-electron chi connectivity index (χ0n) is 18.3. The molecule has 0 fully saturated rings. The monoisotopic (exact) mass is 448 g/mol. The van der Waals surface area contributed by atoms with E-state index >= 15 is 0 Å². The maximum Gasteiger partial charge on any atom is 0.281 e. The van der Waals surface area contributed by atoms with Gasteiger partial charge in [-0.3, -0.25) is 4.79 Å². The molecule has 4 aromatic carbocycles. The number of rotatable bonds is 6. The van der Waals surface area contributed by atoms with Crippen LogP contribution in [0.3, 0.4) is 0 Å². The molecular weight excluding hydrogens is 427 g/mol. The van der Waals surface area contributed by atoms with Gasteiger partial charge in [0.25, 0.3) is 5.91 Å². The minimum absolute atomic E-state index is 0.210. The number of hydrogen-bond donors (Lipinski definition) is 0. The number of nitrogens with zero attached hydrogens (tertiary/aromatic N) is 2. The molecule has 1 heterocycles. The van der Waals surface area contributed by atoms with Gasteiger partial charge in [-0.2, -0.15) is 10.1 Å². The van der Waals surface area contributed by atoms with Crippen molar-refractivity contribution < 1.29 is 13.9 Å². The van der Waals surface area contributed by atoms with Crippen LogP contribution in [0.4, 0.5) is 10.1 Å². The highest BCUT2D eigenvalue weighted by molar-refractivity contribution is 6.37. The van der Waals surface area contributed by atoms with Gasteiger partial charge in [0.1, 0.15) is 23.9 Å². The minimum Gasteiger partial charge on any atom is -0.488 e. The van der Waals surface area contributed by atoms with Gasteiger partial charge < -0.3 is 4.74 Å². The topological polar surface area (TPSA) is 41.9 Å². The number of benzene rings is 4. The summed E-state index contributed by atoms with van der Waals surface area (Å²) in [5.74, 6) is 0.125. The van der Waals surface area contributed by atoms with Gasteiger partial charge in [0, 0.05) is 11.1 Å². The fraction of sp³-hybridized carbons (Fsp3) is 0.0345. The van der Waals surface area contributed by atoms with Crippen LogP contribution in [0, 0.1) is 5.82 Å². The molecule has 5 heteroatoms. The summed E-state index contributed by atoms with van der Waals surface area (Å²) in [6.07, 6.45) is 1.82.